The fourth-order valence-electron chi connectivity index (χ4n) is 1.50. The lowest BCUT2D eigenvalue weighted by Gasteiger charge is -2.23. The molecular weight excluding hydrogens is 240 g/mol. The highest BCUT2D eigenvalue weighted by atomic mass is 32.2. The third kappa shape index (κ3) is 3.72. The SMILES string of the molecule is CSc1nc(N)cc(NCC2COCCO2)n1. The molecule has 2 rings (SSSR count). The van der Waals surface area contributed by atoms with Gasteiger partial charge < -0.3 is 20.5 Å². The molecule has 1 fully saturated rings. The molecule has 1 atom stereocenters. The van der Waals surface area contributed by atoms with Crippen LogP contribution in [0.4, 0.5) is 11.6 Å². The standard InChI is InChI=1S/C10H16N4O2S/c1-17-10-13-8(11)4-9(14-10)12-5-7-6-15-2-3-16-7/h4,7H,2-3,5-6H2,1H3,(H3,11,12,13,14). The Labute approximate surface area is 104 Å². The van der Waals surface area contributed by atoms with Crippen LogP contribution in [0.25, 0.3) is 0 Å². The second-order valence-electron chi connectivity index (χ2n) is 3.61. The van der Waals surface area contributed by atoms with Gasteiger partial charge in [-0.3, -0.25) is 0 Å². The van der Waals surface area contributed by atoms with E-state index in [1.54, 1.807) is 6.07 Å². The van der Waals surface area contributed by atoms with Crippen LogP contribution in [0.1, 0.15) is 0 Å². The van der Waals surface area contributed by atoms with Crippen molar-refractivity contribution in [3.05, 3.63) is 6.07 Å². The van der Waals surface area contributed by atoms with Crippen LogP contribution in [0.3, 0.4) is 0 Å². The smallest absolute Gasteiger partial charge is 0.191 e. The first-order chi connectivity index (χ1) is 8.28. The molecule has 1 saturated heterocycles. The minimum Gasteiger partial charge on any atom is -0.383 e. The van der Waals surface area contributed by atoms with Crippen molar-refractivity contribution in [1.82, 2.24) is 9.97 Å². The summed E-state index contributed by atoms with van der Waals surface area (Å²) in [4.78, 5) is 8.38. The van der Waals surface area contributed by atoms with E-state index in [2.05, 4.69) is 15.3 Å². The van der Waals surface area contributed by atoms with Gasteiger partial charge >= 0.3 is 0 Å². The zero-order chi connectivity index (χ0) is 12.1. The summed E-state index contributed by atoms with van der Waals surface area (Å²) in [6.45, 7) is 2.59. The van der Waals surface area contributed by atoms with Crippen molar-refractivity contribution in [1.29, 1.82) is 0 Å². The van der Waals surface area contributed by atoms with E-state index >= 15 is 0 Å². The van der Waals surface area contributed by atoms with Crippen molar-refractivity contribution in [2.24, 2.45) is 0 Å². The molecule has 94 valence electrons. The minimum absolute atomic E-state index is 0.0673. The lowest BCUT2D eigenvalue weighted by molar-refractivity contribution is -0.0819. The molecule has 0 radical (unpaired) electrons. The van der Waals surface area contributed by atoms with Gasteiger partial charge in [-0.25, -0.2) is 9.97 Å². The molecule has 0 bridgehead atoms. The topological polar surface area (TPSA) is 82.3 Å². The Morgan fingerprint density at radius 1 is 1.53 bits per heavy atom. The summed E-state index contributed by atoms with van der Waals surface area (Å²) in [6.07, 6.45) is 1.98. The first kappa shape index (κ1) is 12.4. The van der Waals surface area contributed by atoms with Gasteiger partial charge in [-0.2, -0.15) is 0 Å². The maximum absolute atomic E-state index is 5.68. The van der Waals surface area contributed by atoms with Crippen LogP contribution in [-0.4, -0.2) is 48.7 Å². The molecule has 1 aliphatic heterocycles. The van der Waals surface area contributed by atoms with Crippen molar-refractivity contribution < 1.29 is 9.47 Å². The van der Waals surface area contributed by atoms with E-state index in [4.69, 9.17) is 15.2 Å². The predicted molar refractivity (Wildman–Crippen MR) is 67.3 cm³/mol. The van der Waals surface area contributed by atoms with Gasteiger partial charge in [0.15, 0.2) is 5.16 Å². The molecule has 3 N–H and O–H groups in total. The molecule has 1 unspecified atom stereocenters. The summed E-state index contributed by atoms with van der Waals surface area (Å²) in [6, 6.07) is 1.71. The molecule has 0 aliphatic carbocycles. The van der Waals surface area contributed by atoms with Gasteiger partial charge in [-0.05, 0) is 6.26 Å². The van der Waals surface area contributed by atoms with Crippen LogP contribution in [0.15, 0.2) is 11.2 Å². The Bertz CT molecular complexity index is 371. The third-order valence-corrected chi connectivity index (χ3v) is 2.85. The number of aromatic nitrogens is 2. The van der Waals surface area contributed by atoms with E-state index in [1.165, 1.54) is 11.8 Å². The van der Waals surface area contributed by atoms with Crippen LogP contribution in [0.2, 0.25) is 0 Å². The second-order valence-corrected chi connectivity index (χ2v) is 4.39. The van der Waals surface area contributed by atoms with Crippen molar-refractivity contribution in [3.8, 4) is 0 Å². The Hall–Kier alpha value is -1.05. The highest BCUT2D eigenvalue weighted by molar-refractivity contribution is 7.98. The van der Waals surface area contributed by atoms with Crippen molar-refractivity contribution >= 4 is 23.4 Å². The van der Waals surface area contributed by atoms with Gasteiger partial charge in [0.2, 0.25) is 0 Å². The number of hydrogen-bond acceptors (Lipinski definition) is 7. The number of rotatable bonds is 4. The van der Waals surface area contributed by atoms with E-state index in [9.17, 15) is 0 Å². The van der Waals surface area contributed by atoms with E-state index in [-0.39, 0.29) is 6.10 Å². The van der Waals surface area contributed by atoms with Gasteiger partial charge in [0.25, 0.3) is 0 Å². The zero-order valence-corrected chi connectivity index (χ0v) is 10.5. The van der Waals surface area contributed by atoms with E-state index in [0.29, 0.717) is 37.3 Å². The van der Waals surface area contributed by atoms with Crippen molar-refractivity contribution in [2.45, 2.75) is 11.3 Å². The molecule has 2 heterocycles. The fraction of sp³-hybridized carbons (Fsp3) is 0.600. The number of anilines is 2. The molecule has 6 nitrogen and oxygen atoms in total. The van der Waals surface area contributed by atoms with Gasteiger partial charge in [0.05, 0.1) is 25.9 Å². The molecule has 17 heavy (non-hydrogen) atoms. The molecule has 1 aromatic heterocycles. The summed E-state index contributed by atoms with van der Waals surface area (Å²) in [5.41, 5.74) is 5.68. The largest absolute Gasteiger partial charge is 0.383 e. The molecule has 0 saturated carbocycles. The average Bonchev–Trinajstić information content (AvgIpc) is 2.37. The predicted octanol–water partition coefficient (Wildman–Crippen LogP) is 0.608. The Morgan fingerprint density at radius 2 is 2.41 bits per heavy atom. The number of nitrogen functional groups attached to an aromatic ring is 1. The van der Waals surface area contributed by atoms with Gasteiger partial charge in [0.1, 0.15) is 11.6 Å². The number of nitrogens with two attached hydrogens (primary N) is 1. The Kier molecular flexibility index (Phi) is 4.41. The number of thioether (sulfide) groups is 1. The maximum atomic E-state index is 5.68. The molecule has 0 amide bonds. The first-order valence-electron chi connectivity index (χ1n) is 5.39. The second kappa shape index (κ2) is 6.04. The molecule has 0 aromatic carbocycles. The Morgan fingerprint density at radius 3 is 3.12 bits per heavy atom. The van der Waals surface area contributed by atoms with Crippen molar-refractivity contribution in [2.75, 3.05) is 43.7 Å². The minimum atomic E-state index is 0.0673. The lowest BCUT2D eigenvalue weighted by atomic mass is 10.3. The highest BCUT2D eigenvalue weighted by Crippen LogP contribution is 2.15. The summed E-state index contributed by atoms with van der Waals surface area (Å²) < 4.78 is 10.8. The third-order valence-electron chi connectivity index (χ3n) is 2.30. The van der Waals surface area contributed by atoms with Gasteiger partial charge in [0, 0.05) is 12.6 Å². The van der Waals surface area contributed by atoms with E-state index in [0.717, 1.165) is 5.82 Å². The zero-order valence-electron chi connectivity index (χ0n) is 9.68. The summed E-state index contributed by atoms with van der Waals surface area (Å²) in [5, 5.41) is 3.84. The monoisotopic (exact) mass is 256 g/mol. The highest BCUT2D eigenvalue weighted by Gasteiger charge is 2.14. The molecule has 1 aromatic rings. The average molecular weight is 256 g/mol. The number of nitrogens with one attached hydrogen (secondary N) is 1. The number of nitrogens with zero attached hydrogens (tertiary/aromatic N) is 2. The van der Waals surface area contributed by atoms with Crippen LogP contribution < -0.4 is 11.1 Å². The number of ether oxygens (including phenoxy) is 2. The quantitative estimate of drug-likeness (QED) is 0.603. The molecule has 7 heteroatoms. The van der Waals surface area contributed by atoms with Crippen LogP contribution in [0.5, 0.6) is 0 Å². The van der Waals surface area contributed by atoms with Crippen LogP contribution in [-0.2, 0) is 9.47 Å². The first-order valence-corrected chi connectivity index (χ1v) is 6.62. The van der Waals surface area contributed by atoms with Crippen LogP contribution >= 0.6 is 11.8 Å². The number of hydrogen-bond donors (Lipinski definition) is 2. The van der Waals surface area contributed by atoms with Gasteiger partial charge in [-0.15, -0.1) is 0 Å². The molecule has 1 aliphatic rings. The fourth-order valence-corrected chi connectivity index (χ4v) is 1.88. The molecular formula is C10H16N4O2S. The van der Waals surface area contributed by atoms with Crippen LogP contribution in [0, 0.1) is 0 Å². The summed E-state index contributed by atoms with van der Waals surface area (Å²) in [5.74, 6) is 1.18. The Balaban J connectivity index is 1.91. The van der Waals surface area contributed by atoms with Gasteiger partial charge in [-0.1, -0.05) is 11.8 Å². The normalized spacial score (nSPS) is 20.2. The maximum Gasteiger partial charge on any atom is 0.191 e. The van der Waals surface area contributed by atoms with Crippen molar-refractivity contribution in [3.63, 3.8) is 0 Å². The summed E-state index contributed by atoms with van der Waals surface area (Å²) >= 11 is 1.46. The lowest BCUT2D eigenvalue weighted by Crippen LogP contribution is -2.34. The summed E-state index contributed by atoms with van der Waals surface area (Å²) in [7, 11) is 0. The molecule has 0 spiro atoms. The van der Waals surface area contributed by atoms with E-state index < -0.39 is 0 Å². The van der Waals surface area contributed by atoms with E-state index in [1.807, 2.05) is 6.26 Å².